The molecule has 3 aromatic rings. The van der Waals surface area contributed by atoms with Crippen LogP contribution in [0.1, 0.15) is 20.8 Å². The average Bonchev–Trinajstić information content (AvgIpc) is 3.18. The Morgan fingerprint density at radius 1 is 1.03 bits per heavy atom. The van der Waals surface area contributed by atoms with E-state index in [2.05, 4.69) is 39.2 Å². The van der Waals surface area contributed by atoms with Crippen LogP contribution in [0.3, 0.4) is 0 Å². The molecule has 0 radical (unpaired) electrons. The third-order valence-corrected chi connectivity index (χ3v) is 5.55. The van der Waals surface area contributed by atoms with Gasteiger partial charge in [0.15, 0.2) is 11.0 Å². The quantitative estimate of drug-likeness (QED) is 0.539. The third-order valence-electron chi connectivity index (χ3n) is 4.58. The van der Waals surface area contributed by atoms with E-state index in [4.69, 9.17) is 0 Å². The molecule has 0 saturated heterocycles. The average molecular weight is 411 g/mol. The van der Waals surface area contributed by atoms with Crippen molar-refractivity contribution in [2.75, 3.05) is 29.1 Å². The predicted octanol–water partition coefficient (Wildman–Crippen LogP) is 3.94. The summed E-state index contributed by atoms with van der Waals surface area (Å²) in [7, 11) is 0. The van der Waals surface area contributed by atoms with Crippen molar-refractivity contribution in [2.45, 2.75) is 32.5 Å². The maximum absolute atomic E-state index is 12.4. The van der Waals surface area contributed by atoms with E-state index in [9.17, 15) is 4.79 Å². The number of aromatic nitrogens is 4. The summed E-state index contributed by atoms with van der Waals surface area (Å²) in [5, 5.41) is 12.2. The van der Waals surface area contributed by atoms with Gasteiger partial charge in [-0.2, -0.15) is 0 Å². The monoisotopic (exact) mass is 410 g/mol. The fourth-order valence-corrected chi connectivity index (χ4v) is 3.87. The highest BCUT2D eigenvalue weighted by Gasteiger charge is 2.14. The Hall–Kier alpha value is -2.87. The van der Waals surface area contributed by atoms with E-state index in [0.717, 1.165) is 47.6 Å². The molecule has 1 N–H and O–H groups in total. The number of amides is 1. The molecule has 1 amide bonds. The first kappa shape index (κ1) is 20.9. The summed E-state index contributed by atoms with van der Waals surface area (Å²) in [4.78, 5) is 18.7. The molecule has 0 fully saturated rings. The number of hydrogen-bond acceptors (Lipinski definition) is 6. The Labute approximate surface area is 175 Å². The summed E-state index contributed by atoms with van der Waals surface area (Å²) >= 11 is 1.38. The van der Waals surface area contributed by atoms with Crippen LogP contribution < -0.4 is 10.2 Å². The molecule has 2 aromatic heterocycles. The number of nitrogens with one attached hydrogen (secondary N) is 1. The van der Waals surface area contributed by atoms with Crippen LogP contribution in [0, 0.1) is 0 Å². The first-order chi connectivity index (χ1) is 14.2. The molecule has 2 heterocycles. The van der Waals surface area contributed by atoms with Crippen molar-refractivity contribution < 1.29 is 4.79 Å². The molecule has 0 aliphatic heterocycles. The van der Waals surface area contributed by atoms with Gasteiger partial charge in [0, 0.05) is 49.0 Å². The molecule has 3 rings (SSSR count). The predicted molar refractivity (Wildman–Crippen MR) is 118 cm³/mol. The number of carbonyl (C=O) groups excluding carboxylic acids is 1. The van der Waals surface area contributed by atoms with E-state index < -0.39 is 0 Å². The van der Waals surface area contributed by atoms with Crippen LogP contribution in [0.5, 0.6) is 0 Å². The number of rotatable bonds is 9. The molecule has 7 nitrogen and oxygen atoms in total. The van der Waals surface area contributed by atoms with Gasteiger partial charge < -0.3 is 14.8 Å². The molecule has 0 aliphatic rings. The normalized spacial score (nSPS) is 10.7. The van der Waals surface area contributed by atoms with Crippen molar-refractivity contribution in [1.82, 2.24) is 19.7 Å². The number of anilines is 2. The lowest BCUT2D eigenvalue weighted by atomic mass is 10.2. The van der Waals surface area contributed by atoms with Gasteiger partial charge in [0.25, 0.3) is 0 Å². The maximum atomic E-state index is 12.4. The van der Waals surface area contributed by atoms with Crippen molar-refractivity contribution in [1.29, 1.82) is 0 Å². The van der Waals surface area contributed by atoms with Crippen LogP contribution in [0.15, 0.2) is 53.9 Å². The summed E-state index contributed by atoms with van der Waals surface area (Å²) in [5.74, 6) is 0.984. The highest BCUT2D eigenvalue weighted by molar-refractivity contribution is 7.99. The molecule has 8 heteroatoms. The van der Waals surface area contributed by atoms with Crippen LogP contribution in [0.2, 0.25) is 0 Å². The number of nitrogens with zero attached hydrogens (tertiary/aromatic N) is 5. The third kappa shape index (κ3) is 5.14. The summed E-state index contributed by atoms with van der Waals surface area (Å²) < 4.78 is 2.01. The highest BCUT2D eigenvalue weighted by Crippen LogP contribution is 2.24. The second kappa shape index (κ2) is 10.1. The second-order valence-electron chi connectivity index (χ2n) is 6.34. The molecular formula is C21H26N6OS. The van der Waals surface area contributed by atoms with Crippen molar-refractivity contribution in [3.05, 3.63) is 48.8 Å². The van der Waals surface area contributed by atoms with Gasteiger partial charge >= 0.3 is 0 Å². The molecule has 0 atom stereocenters. The van der Waals surface area contributed by atoms with Gasteiger partial charge in [0.1, 0.15) is 0 Å². The molecule has 0 unspecified atom stereocenters. The fraction of sp³-hybridized carbons (Fsp3) is 0.333. The number of benzene rings is 1. The van der Waals surface area contributed by atoms with E-state index >= 15 is 0 Å². The standard InChI is InChI=1S/C21H26N6OS/c1-4-26(5-2)18-9-7-17(8-10-18)23-19(28)15-29-21-25-24-20(27(21)6-3)16-11-13-22-14-12-16/h7-14H,4-6,15H2,1-3H3,(H,23,28). The van der Waals surface area contributed by atoms with Crippen molar-refractivity contribution in [3.8, 4) is 11.4 Å². The smallest absolute Gasteiger partial charge is 0.234 e. The zero-order chi connectivity index (χ0) is 20.6. The Balaban J connectivity index is 1.60. The van der Waals surface area contributed by atoms with E-state index in [1.54, 1.807) is 12.4 Å². The van der Waals surface area contributed by atoms with E-state index in [1.165, 1.54) is 11.8 Å². The number of thioether (sulfide) groups is 1. The zero-order valence-corrected chi connectivity index (χ0v) is 17.8. The largest absolute Gasteiger partial charge is 0.372 e. The summed E-state index contributed by atoms with van der Waals surface area (Å²) in [6.07, 6.45) is 3.46. The van der Waals surface area contributed by atoms with Gasteiger partial charge in [0.05, 0.1) is 5.75 Å². The molecule has 29 heavy (non-hydrogen) atoms. The van der Waals surface area contributed by atoms with Crippen LogP contribution >= 0.6 is 11.8 Å². The molecular weight excluding hydrogens is 384 g/mol. The topological polar surface area (TPSA) is 75.9 Å². The Morgan fingerprint density at radius 3 is 2.34 bits per heavy atom. The lowest BCUT2D eigenvalue weighted by Gasteiger charge is -2.21. The second-order valence-corrected chi connectivity index (χ2v) is 7.28. The molecule has 1 aromatic carbocycles. The number of pyridine rings is 1. The van der Waals surface area contributed by atoms with Crippen molar-refractivity contribution in [2.24, 2.45) is 0 Å². The SMILES string of the molecule is CCN(CC)c1ccc(NC(=O)CSc2nnc(-c3ccncc3)n2CC)cc1. The first-order valence-electron chi connectivity index (χ1n) is 9.77. The molecule has 0 bridgehead atoms. The van der Waals surface area contributed by atoms with E-state index in [-0.39, 0.29) is 11.7 Å². The zero-order valence-electron chi connectivity index (χ0n) is 17.0. The van der Waals surface area contributed by atoms with Crippen molar-refractivity contribution in [3.63, 3.8) is 0 Å². The molecule has 152 valence electrons. The summed E-state index contributed by atoms with van der Waals surface area (Å²) in [5.41, 5.74) is 2.90. The van der Waals surface area contributed by atoms with Crippen LogP contribution in [0.4, 0.5) is 11.4 Å². The van der Waals surface area contributed by atoms with Gasteiger partial charge in [0.2, 0.25) is 5.91 Å². The van der Waals surface area contributed by atoms with Crippen LogP contribution in [0.25, 0.3) is 11.4 Å². The van der Waals surface area contributed by atoms with Gasteiger partial charge in [-0.05, 0) is 57.2 Å². The maximum Gasteiger partial charge on any atom is 0.234 e. The lowest BCUT2D eigenvalue weighted by molar-refractivity contribution is -0.113. The Kier molecular flexibility index (Phi) is 7.24. The molecule has 0 spiro atoms. The number of carbonyl (C=O) groups is 1. The van der Waals surface area contributed by atoms with E-state index in [1.807, 2.05) is 47.9 Å². The van der Waals surface area contributed by atoms with Gasteiger partial charge in [-0.1, -0.05) is 11.8 Å². The highest BCUT2D eigenvalue weighted by atomic mass is 32.2. The van der Waals surface area contributed by atoms with Gasteiger partial charge in [-0.25, -0.2) is 0 Å². The minimum absolute atomic E-state index is 0.0679. The Morgan fingerprint density at radius 2 is 1.72 bits per heavy atom. The van der Waals surface area contributed by atoms with Gasteiger partial charge in [-0.15, -0.1) is 10.2 Å². The minimum Gasteiger partial charge on any atom is -0.372 e. The van der Waals surface area contributed by atoms with Crippen LogP contribution in [-0.4, -0.2) is 44.5 Å². The van der Waals surface area contributed by atoms with E-state index in [0.29, 0.717) is 0 Å². The minimum atomic E-state index is -0.0679. The first-order valence-corrected chi connectivity index (χ1v) is 10.8. The summed E-state index contributed by atoms with van der Waals surface area (Å²) in [6.45, 7) is 8.94. The van der Waals surface area contributed by atoms with Gasteiger partial charge in [-0.3, -0.25) is 9.78 Å². The molecule has 0 aliphatic carbocycles. The summed E-state index contributed by atoms with van der Waals surface area (Å²) in [6, 6.07) is 11.7. The fourth-order valence-electron chi connectivity index (χ4n) is 3.07. The molecule has 0 saturated carbocycles. The lowest BCUT2D eigenvalue weighted by Crippen LogP contribution is -2.21. The number of hydrogen-bond donors (Lipinski definition) is 1. The van der Waals surface area contributed by atoms with Crippen molar-refractivity contribution >= 4 is 29.0 Å². The Bertz CT molecular complexity index is 922. The van der Waals surface area contributed by atoms with Crippen LogP contribution in [-0.2, 0) is 11.3 Å².